The number of allylic oxidation sites excluding steroid dienone is 1. The van der Waals surface area contributed by atoms with Crippen LogP contribution in [-0.4, -0.2) is 24.7 Å². The van der Waals surface area contributed by atoms with E-state index in [1.54, 1.807) is 13.2 Å². The van der Waals surface area contributed by atoms with Crippen LogP contribution in [0.25, 0.3) is 0 Å². The van der Waals surface area contributed by atoms with Gasteiger partial charge in [0.1, 0.15) is 0 Å². The summed E-state index contributed by atoms with van der Waals surface area (Å²) in [6.45, 7) is 5.08. The van der Waals surface area contributed by atoms with Crippen LogP contribution in [0.1, 0.15) is 38.2 Å². The molecule has 0 heterocycles. The van der Waals surface area contributed by atoms with Crippen molar-refractivity contribution in [3.8, 4) is 0 Å². The fraction of sp³-hybridized carbons (Fsp3) is 0.476. The normalized spacial score (nSPS) is 21.2. The van der Waals surface area contributed by atoms with Crippen LogP contribution in [0, 0.1) is 18.8 Å². The number of aliphatic carboxylic acids is 1. The molecule has 0 aliphatic heterocycles. The Morgan fingerprint density at radius 2 is 2.16 bits per heavy atom. The van der Waals surface area contributed by atoms with E-state index in [2.05, 4.69) is 48.8 Å². The van der Waals surface area contributed by atoms with E-state index in [9.17, 15) is 9.90 Å². The van der Waals surface area contributed by atoms with E-state index >= 15 is 0 Å². The molecule has 4 nitrogen and oxygen atoms in total. The zero-order valence-corrected chi connectivity index (χ0v) is 15.5. The van der Waals surface area contributed by atoms with Gasteiger partial charge in [0.2, 0.25) is 0 Å². The van der Waals surface area contributed by atoms with Crippen LogP contribution in [0.3, 0.4) is 0 Å². The average Bonchev–Trinajstić information content (AvgIpc) is 2.99. The molecule has 0 amide bonds. The molecule has 1 fully saturated rings. The number of rotatable bonds is 8. The average molecular weight is 342 g/mol. The number of hydrogen-bond donors (Lipinski definition) is 3. The molecule has 25 heavy (non-hydrogen) atoms. The molecule has 0 bridgehead atoms. The summed E-state index contributed by atoms with van der Waals surface area (Å²) < 4.78 is 0. The van der Waals surface area contributed by atoms with Crippen molar-refractivity contribution < 1.29 is 9.90 Å². The highest BCUT2D eigenvalue weighted by atomic mass is 16.4. The SMILES string of the molecule is CN/C=C(\C/C(=C\CNc1cccc(C)c1)C1CCC(C)C1)C(=O)O. The molecule has 1 aliphatic rings. The summed E-state index contributed by atoms with van der Waals surface area (Å²) in [5.74, 6) is 0.367. The van der Waals surface area contributed by atoms with Gasteiger partial charge in [0.25, 0.3) is 0 Å². The molecule has 4 heteroatoms. The van der Waals surface area contributed by atoms with Gasteiger partial charge in [0.15, 0.2) is 0 Å². The van der Waals surface area contributed by atoms with Gasteiger partial charge in [-0.25, -0.2) is 4.79 Å². The Bertz CT molecular complexity index is 649. The number of carboxylic acids is 1. The van der Waals surface area contributed by atoms with Crippen molar-refractivity contribution >= 4 is 11.7 Å². The Morgan fingerprint density at radius 3 is 2.76 bits per heavy atom. The molecule has 1 saturated carbocycles. The summed E-state index contributed by atoms with van der Waals surface area (Å²) >= 11 is 0. The molecular formula is C21H30N2O2. The highest BCUT2D eigenvalue weighted by molar-refractivity contribution is 5.87. The Hall–Kier alpha value is -2.23. The number of hydrogen-bond acceptors (Lipinski definition) is 3. The summed E-state index contributed by atoms with van der Waals surface area (Å²) in [6.07, 6.45) is 7.83. The maximum atomic E-state index is 11.5. The van der Waals surface area contributed by atoms with Crippen molar-refractivity contribution in [3.05, 3.63) is 53.3 Å². The summed E-state index contributed by atoms with van der Waals surface area (Å²) in [7, 11) is 1.74. The van der Waals surface area contributed by atoms with E-state index in [4.69, 9.17) is 0 Å². The minimum atomic E-state index is -0.849. The second-order valence-corrected chi connectivity index (χ2v) is 7.08. The van der Waals surface area contributed by atoms with Crippen LogP contribution in [0.5, 0.6) is 0 Å². The van der Waals surface area contributed by atoms with Crippen LogP contribution in [-0.2, 0) is 4.79 Å². The lowest BCUT2D eigenvalue weighted by molar-refractivity contribution is -0.132. The van der Waals surface area contributed by atoms with E-state index in [0.29, 0.717) is 17.9 Å². The van der Waals surface area contributed by atoms with Crippen LogP contribution in [0.4, 0.5) is 5.69 Å². The molecular weight excluding hydrogens is 312 g/mol. The maximum Gasteiger partial charge on any atom is 0.333 e. The molecule has 1 aromatic rings. The fourth-order valence-electron chi connectivity index (χ4n) is 3.56. The highest BCUT2D eigenvalue weighted by Gasteiger charge is 2.25. The molecule has 1 aliphatic carbocycles. The molecule has 0 saturated heterocycles. The standard InChI is InChI=1S/C21H30N2O2/c1-15-5-4-6-20(12-15)23-10-9-18(17-8-7-16(2)11-17)13-19(14-22-3)21(24)25/h4-6,9,12,14,16-17,22-23H,7-8,10-11,13H2,1-3H3,(H,24,25)/b18-9+,19-14+. The number of carboxylic acid groups (broad SMARTS) is 1. The van der Waals surface area contributed by atoms with Crippen LogP contribution in [0.15, 0.2) is 47.7 Å². The van der Waals surface area contributed by atoms with Crippen molar-refractivity contribution in [2.75, 3.05) is 18.9 Å². The Labute approximate surface area is 151 Å². The third-order valence-electron chi connectivity index (χ3n) is 4.90. The van der Waals surface area contributed by atoms with Crippen molar-refractivity contribution in [2.24, 2.45) is 11.8 Å². The number of benzene rings is 1. The van der Waals surface area contributed by atoms with Gasteiger partial charge in [-0.1, -0.05) is 37.1 Å². The summed E-state index contributed by atoms with van der Waals surface area (Å²) in [6, 6.07) is 8.30. The van der Waals surface area contributed by atoms with Crippen LogP contribution < -0.4 is 10.6 Å². The summed E-state index contributed by atoms with van der Waals surface area (Å²) in [5.41, 5.74) is 3.99. The number of nitrogens with one attached hydrogen (secondary N) is 2. The molecule has 2 rings (SSSR count). The molecule has 0 spiro atoms. The van der Waals surface area contributed by atoms with E-state index < -0.39 is 5.97 Å². The molecule has 3 N–H and O–H groups in total. The predicted octanol–water partition coefficient (Wildman–Crippen LogP) is 4.35. The molecule has 0 aromatic heterocycles. The van der Waals surface area contributed by atoms with Gasteiger partial charge in [-0.05, 0) is 49.3 Å². The van der Waals surface area contributed by atoms with Crippen molar-refractivity contribution in [2.45, 2.75) is 39.5 Å². The lowest BCUT2D eigenvalue weighted by Crippen LogP contribution is -2.11. The van der Waals surface area contributed by atoms with E-state index in [0.717, 1.165) is 31.0 Å². The van der Waals surface area contributed by atoms with Gasteiger partial charge < -0.3 is 15.7 Å². The van der Waals surface area contributed by atoms with Gasteiger partial charge in [0, 0.05) is 31.9 Å². The first-order valence-corrected chi connectivity index (χ1v) is 9.08. The monoisotopic (exact) mass is 342 g/mol. The molecule has 0 radical (unpaired) electrons. The lowest BCUT2D eigenvalue weighted by Gasteiger charge is -2.17. The second kappa shape index (κ2) is 9.30. The number of carbonyl (C=O) groups is 1. The minimum absolute atomic E-state index is 0.420. The smallest absolute Gasteiger partial charge is 0.333 e. The second-order valence-electron chi connectivity index (χ2n) is 7.08. The quantitative estimate of drug-likeness (QED) is 0.485. The first-order valence-electron chi connectivity index (χ1n) is 9.08. The topological polar surface area (TPSA) is 61.4 Å². The van der Waals surface area contributed by atoms with Gasteiger partial charge in [-0.15, -0.1) is 0 Å². The third kappa shape index (κ3) is 5.96. The van der Waals surface area contributed by atoms with Crippen molar-refractivity contribution in [3.63, 3.8) is 0 Å². The Balaban J connectivity index is 2.10. The third-order valence-corrected chi connectivity index (χ3v) is 4.90. The largest absolute Gasteiger partial charge is 0.478 e. The molecule has 2 atom stereocenters. The van der Waals surface area contributed by atoms with E-state index in [-0.39, 0.29) is 0 Å². The first kappa shape index (κ1) is 19.1. The van der Waals surface area contributed by atoms with E-state index in [1.165, 1.54) is 17.6 Å². The van der Waals surface area contributed by atoms with Crippen LogP contribution >= 0.6 is 0 Å². The van der Waals surface area contributed by atoms with Gasteiger partial charge >= 0.3 is 5.97 Å². The molecule has 2 unspecified atom stereocenters. The predicted molar refractivity (Wildman–Crippen MR) is 104 cm³/mol. The van der Waals surface area contributed by atoms with Crippen molar-refractivity contribution in [1.29, 1.82) is 0 Å². The zero-order valence-electron chi connectivity index (χ0n) is 15.5. The van der Waals surface area contributed by atoms with Crippen LogP contribution in [0.2, 0.25) is 0 Å². The van der Waals surface area contributed by atoms with Gasteiger partial charge in [0.05, 0.1) is 5.57 Å². The summed E-state index contributed by atoms with van der Waals surface area (Å²) in [4.78, 5) is 11.5. The summed E-state index contributed by atoms with van der Waals surface area (Å²) in [5, 5.41) is 15.7. The lowest BCUT2D eigenvalue weighted by atomic mass is 9.90. The Kier molecular flexibility index (Phi) is 7.11. The van der Waals surface area contributed by atoms with E-state index in [1.807, 2.05) is 6.07 Å². The minimum Gasteiger partial charge on any atom is -0.478 e. The Morgan fingerprint density at radius 1 is 1.36 bits per heavy atom. The highest BCUT2D eigenvalue weighted by Crippen LogP contribution is 2.37. The zero-order chi connectivity index (χ0) is 18.2. The van der Waals surface area contributed by atoms with Gasteiger partial charge in [-0.3, -0.25) is 0 Å². The molecule has 1 aromatic carbocycles. The number of anilines is 1. The fourth-order valence-corrected chi connectivity index (χ4v) is 3.56. The maximum absolute atomic E-state index is 11.5. The first-order chi connectivity index (χ1) is 12.0. The van der Waals surface area contributed by atoms with Gasteiger partial charge in [-0.2, -0.15) is 0 Å². The van der Waals surface area contributed by atoms with Crippen molar-refractivity contribution in [1.82, 2.24) is 5.32 Å². The molecule has 136 valence electrons. The number of aryl methyl sites for hydroxylation is 1.